The summed E-state index contributed by atoms with van der Waals surface area (Å²) in [6.07, 6.45) is 1.26. The molecule has 0 radical (unpaired) electrons. The number of nitrogens with zero attached hydrogens (tertiary/aromatic N) is 5. The molecule has 0 spiro atoms. The third-order valence-corrected chi connectivity index (χ3v) is 4.33. The van der Waals surface area contributed by atoms with Crippen LogP contribution in [-0.4, -0.2) is 52.9 Å². The van der Waals surface area contributed by atoms with E-state index in [1.165, 1.54) is 30.5 Å². The van der Waals surface area contributed by atoms with E-state index >= 15 is 0 Å². The van der Waals surface area contributed by atoms with Gasteiger partial charge in [-0.15, -0.1) is 0 Å². The lowest BCUT2D eigenvalue weighted by molar-refractivity contribution is -0.180. The number of hydrogen-bond acceptors (Lipinski definition) is 9. The van der Waals surface area contributed by atoms with Gasteiger partial charge in [-0.3, -0.25) is 9.74 Å². The van der Waals surface area contributed by atoms with Crippen LogP contribution in [0, 0.1) is 18.3 Å². The van der Waals surface area contributed by atoms with Crippen molar-refractivity contribution in [1.29, 1.82) is 5.26 Å². The van der Waals surface area contributed by atoms with Crippen LogP contribution in [0.4, 0.5) is 23.7 Å². The van der Waals surface area contributed by atoms with E-state index in [2.05, 4.69) is 25.2 Å². The second kappa shape index (κ2) is 11.7. The summed E-state index contributed by atoms with van der Waals surface area (Å²) in [5.41, 5.74) is -0.832. The number of rotatable bonds is 4. The van der Waals surface area contributed by atoms with Crippen LogP contribution >= 0.6 is 0 Å². The number of aryl methyl sites for hydroxylation is 1. The molecule has 34 heavy (non-hydrogen) atoms. The van der Waals surface area contributed by atoms with Crippen molar-refractivity contribution >= 4 is 23.5 Å². The van der Waals surface area contributed by atoms with Crippen molar-refractivity contribution in [3.05, 3.63) is 53.0 Å². The van der Waals surface area contributed by atoms with Gasteiger partial charge >= 0.3 is 5.97 Å². The second-order valence-corrected chi connectivity index (χ2v) is 6.85. The maximum absolute atomic E-state index is 13.8. The fourth-order valence-electron chi connectivity index (χ4n) is 2.79. The van der Waals surface area contributed by atoms with Crippen molar-refractivity contribution in [2.75, 3.05) is 25.2 Å². The Labute approximate surface area is 190 Å². The Morgan fingerprint density at radius 3 is 2.65 bits per heavy atom. The van der Waals surface area contributed by atoms with E-state index < -0.39 is 41.9 Å². The Bertz CT molecular complexity index is 1120. The summed E-state index contributed by atoms with van der Waals surface area (Å²) < 4.78 is 54.9. The van der Waals surface area contributed by atoms with Crippen LogP contribution in [0.15, 0.2) is 35.5 Å². The van der Waals surface area contributed by atoms with Gasteiger partial charge in [0.05, 0.1) is 17.9 Å². The van der Waals surface area contributed by atoms with Crippen molar-refractivity contribution in [2.24, 2.45) is 4.99 Å². The minimum atomic E-state index is -1.74. The van der Waals surface area contributed by atoms with E-state index in [1.807, 2.05) is 6.07 Å². The summed E-state index contributed by atoms with van der Waals surface area (Å²) in [4.78, 5) is 36.2. The van der Waals surface area contributed by atoms with Gasteiger partial charge in [0.2, 0.25) is 0 Å². The lowest BCUT2D eigenvalue weighted by Gasteiger charge is -2.31. The molecule has 1 unspecified atom stereocenters. The first-order valence-electron chi connectivity index (χ1n) is 9.44. The third kappa shape index (κ3) is 6.45. The quantitative estimate of drug-likeness (QED) is 0.520. The number of amides is 1. The van der Waals surface area contributed by atoms with Gasteiger partial charge in [0.1, 0.15) is 30.9 Å². The molecule has 0 saturated heterocycles. The number of nitrogens with one attached hydrogen (secondary N) is 1. The summed E-state index contributed by atoms with van der Waals surface area (Å²) in [6.45, 7) is 0.765. The van der Waals surface area contributed by atoms with E-state index in [1.54, 1.807) is 6.92 Å². The average molecular weight is 482 g/mol. The Kier molecular flexibility index (Phi) is 8.96. The van der Waals surface area contributed by atoms with E-state index in [0.29, 0.717) is 11.1 Å². The summed E-state index contributed by atoms with van der Waals surface area (Å²) >= 11 is 0. The lowest BCUT2D eigenvalue weighted by atomic mass is 9.97. The fourth-order valence-corrected chi connectivity index (χ4v) is 2.79. The SMILES string of the molecule is CC(=O)OF.Cc1cc(C#N)cnc1C(=O)Nc1cccc(C2(CF)COCC(N(F)F)=N2)n1. The molecule has 180 valence electrons. The molecule has 10 nitrogen and oxygen atoms in total. The summed E-state index contributed by atoms with van der Waals surface area (Å²) in [7, 11) is 0. The highest BCUT2D eigenvalue weighted by atomic mass is 19.4. The van der Waals surface area contributed by atoms with Gasteiger partial charge in [-0.2, -0.15) is 5.26 Å². The number of amidine groups is 1. The van der Waals surface area contributed by atoms with Crippen LogP contribution in [-0.2, 0) is 20.0 Å². The molecule has 2 aromatic heterocycles. The van der Waals surface area contributed by atoms with Crippen LogP contribution in [0.3, 0.4) is 0 Å². The Morgan fingerprint density at radius 1 is 1.38 bits per heavy atom. The van der Waals surface area contributed by atoms with E-state index in [9.17, 15) is 27.5 Å². The molecule has 2 aromatic rings. The number of ether oxygens (including phenoxy) is 1. The Morgan fingerprint density at radius 2 is 2.09 bits per heavy atom. The van der Waals surface area contributed by atoms with Crippen LogP contribution in [0.25, 0.3) is 0 Å². The number of pyridine rings is 2. The van der Waals surface area contributed by atoms with E-state index in [4.69, 9.17) is 10.00 Å². The minimum Gasteiger partial charge on any atom is -0.370 e. The smallest absolute Gasteiger partial charge is 0.345 e. The van der Waals surface area contributed by atoms with Crippen molar-refractivity contribution < 1.29 is 37.1 Å². The van der Waals surface area contributed by atoms with Gasteiger partial charge in [0.15, 0.2) is 11.4 Å². The summed E-state index contributed by atoms with van der Waals surface area (Å²) in [6, 6.07) is 7.80. The first-order chi connectivity index (χ1) is 16.2. The molecule has 1 atom stereocenters. The number of hydrogen-bond donors (Lipinski definition) is 1. The van der Waals surface area contributed by atoms with Crippen molar-refractivity contribution in [3.63, 3.8) is 0 Å². The molecule has 0 aliphatic carbocycles. The zero-order valence-electron chi connectivity index (χ0n) is 17.9. The van der Waals surface area contributed by atoms with Gasteiger partial charge < -0.3 is 10.1 Å². The fraction of sp³-hybridized carbons (Fsp3) is 0.300. The highest BCUT2D eigenvalue weighted by Gasteiger charge is 2.39. The molecule has 0 aromatic carbocycles. The lowest BCUT2D eigenvalue weighted by Crippen LogP contribution is -2.42. The third-order valence-electron chi connectivity index (χ3n) is 4.33. The predicted octanol–water partition coefficient (Wildman–Crippen LogP) is 3.01. The maximum atomic E-state index is 13.8. The van der Waals surface area contributed by atoms with Crippen LogP contribution in [0.1, 0.15) is 34.2 Å². The number of aromatic nitrogens is 2. The Balaban J connectivity index is 0.000000739. The van der Waals surface area contributed by atoms with Crippen LogP contribution in [0.2, 0.25) is 0 Å². The van der Waals surface area contributed by atoms with Crippen molar-refractivity contribution in [1.82, 2.24) is 15.3 Å². The van der Waals surface area contributed by atoms with Gasteiger partial charge in [-0.1, -0.05) is 15.0 Å². The number of aliphatic imine (C=N–C) groups is 1. The highest BCUT2D eigenvalue weighted by Crippen LogP contribution is 2.30. The number of anilines is 1. The molecule has 0 bridgehead atoms. The molecule has 3 rings (SSSR count). The molecule has 0 fully saturated rings. The van der Waals surface area contributed by atoms with Gasteiger partial charge in [-0.05, 0) is 36.0 Å². The zero-order valence-corrected chi connectivity index (χ0v) is 17.9. The van der Waals surface area contributed by atoms with E-state index in [0.717, 1.165) is 6.92 Å². The second-order valence-electron chi connectivity index (χ2n) is 6.85. The number of alkyl halides is 1. The van der Waals surface area contributed by atoms with Gasteiger partial charge in [0, 0.05) is 17.6 Å². The monoisotopic (exact) mass is 482 g/mol. The van der Waals surface area contributed by atoms with Crippen molar-refractivity contribution in [2.45, 2.75) is 19.4 Å². The Hall–Kier alpha value is -4.12. The van der Waals surface area contributed by atoms with Gasteiger partial charge in [-0.25, -0.2) is 24.1 Å². The largest absolute Gasteiger partial charge is 0.370 e. The number of carbonyl (C=O) groups is 2. The normalized spacial score (nSPS) is 16.8. The minimum absolute atomic E-state index is 0.0290. The van der Waals surface area contributed by atoms with Crippen molar-refractivity contribution in [3.8, 4) is 6.07 Å². The summed E-state index contributed by atoms with van der Waals surface area (Å²) in [5, 5.41) is 10.2. The highest BCUT2D eigenvalue weighted by molar-refractivity contribution is 6.03. The zero-order chi connectivity index (χ0) is 25.3. The first-order valence-corrected chi connectivity index (χ1v) is 9.44. The molecule has 14 heteroatoms. The van der Waals surface area contributed by atoms with E-state index in [-0.39, 0.29) is 23.8 Å². The van der Waals surface area contributed by atoms with Crippen LogP contribution in [0.5, 0.6) is 0 Å². The molecular weight excluding hydrogens is 464 g/mol. The first kappa shape index (κ1) is 26.1. The molecule has 1 amide bonds. The summed E-state index contributed by atoms with van der Waals surface area (Å²) in [5.74, 6) is -2.16. The molecule has 1 N–H and O–H groups in total. The standard InChI is InChI=1S/C18H15F3N6O2.C2H3FO2/c1-11-5-12(6-22)7-23-16(11)17(28)25-14-4-2-3-13(24-14)18(9-19)10-29-8-15(26-18)27(20)21;1-2(4)5-3/h2-5,7H,8-10H2,1H3,(H,24,25,28);1H3. The topological polar surface area (TPSA) is 130 Å². The van der Waals surface area contributed by atoms with Crippen LogP contribution < -0.4 is 5.32 Å². The number of carbonyl (C=O) groups excluding carboxylic acids is 2. The average Bonchev–Trinajstić information content (AvgIpc) is 2.84. The van der Waals surface area contributed by atoms with Gasteiger partial charge in [0.25, 0.3) is 5.91 Å². The molecule has 0 saturated carbocycles. The molecular formula is C20H18F4N6O4. The molecule has 3 heterocycles. The molecule has 1 aliphatic rings. The predicted molar refractivity (Wildman–Crippen MR) is 109 cm³/mol. The maximum Gasteiger partial charge on any atom is 0.345 e. The number of halogens is 4. The molecule has 1 aliphatic heterocycles. The number of nitriles is 1.